The molecular weight excluding hydrogens is 348 g/mol. The molecule has 2 N–H and O–H groups in total. The summed E-state index contributed by atoms with van der Waals surface area (Å²) in [5.41, 5.74) is 2.48. The molecule has 0 atom stereocenters. The third-order valence-corrected chi connectivity index (χ3v) is 5.09. The van der Waals surface area contributed by atoms with Crippen molar-refractivity contribution in [2.75, 3.05) is 24.2 Å². The van der Waals surface area contributed by atoms with Gasteiger partial charge in [0.25, 0.3) is 5.91 Å². The van der Waals surface area contributed by atoms with Crippen LogP contribution >= 0.6 is 11.8 Å². The van der Waals surface area contributed by atoms with Gasteiger partial charge in [-0.05, 0) is 50.1 Å². The van der Waals surface area contributed by atoms with Crippen molar-refractivity contribution in [2.24, 2.45) is 0 Å². The molecule has 2 aromatic carbocycles. The van der Waals surface area contributed by atoms with E-state index in [-0.39, 0.29) is 11.8 Å². The number of nitrogens with one attached hydrogen (secondary N) is 2. The number of ether oxygens (including phenoxy) is 1. The molecule has 0 aromatic heterocycles. The molecule has 0 bridgehead atoms. The first kappa shape index (κ1) is 18.3. The minimum atomic E-state index is -0.128. The number of benzene rings is 2. The highest BCUT2D eigenvalue weighted by molar-refractivity contribution is 8.00. The lowest BCUT2D eigenvalue weighted by Crippen LogP contribution is -2.25. The minimum Gasteiger partial charge on any atom is -0.494 e. The monoisotopic (exact) mass is 370 g/mol. The van der Waals surface area contributed by atoms with Crippen LogP contribution in [0.3, 0.4) is 0 Å². The van der Waals surface area contributed by atoms with Crippen LogP contribution in [0.5, 0.6) is 5.75 Å². The van der Waals surface area contributed by atoms with Gasteiger partial charge in [-0.3, -0.25) is 9.59 Å². The van der Waals surface area contributed by atoms with E-state index in [0.717, 1.165) is 23.5 Å². The van der Waals surface area contributed by atoms with Crippen molar-refractivity contribution in [1.82, 2.24) is 5.32 Å². The molecule has 0 saturated carbocycles. The summed E-state index contributed by atoms with van der Waals surface area (Å²) >= 11 is 1.49. The Balaban J connectivity index is 1.38. The van der Waals surface area contributed by atoms with Gasteiger partial charge in [-0.1, -0.05) is 17.7 Å². The maximum atomic E-state index is 12.2. The standard InChI is InChI=1S/C20H22N2O3S/c1-14-4-7-16(8-5-14)25-11-3-2-10-21-20(24)15-6-9-18-17(12-15)22-19(23)13-26-18/h4-9,12H,2-3,10-11,13H2,1H3,(H,21,24)(H,22,23). The van der Waals surface area contributed by atoms with Crippen LogP contribution in [0.15, 0.2) is 47.4 Å². The zero-order valence-corrected chi connectivity index (χ0v) is 15.5. The van der Waals surface area contributed by atoms with Crippen LogP contribution < -0.4 is 15.4 Å². The number of carbonyl (C=O) groups is 2. The number of rotatable bonds is 7. The molecule has 0 aliphatic carbocycles. The van der Waals surface area contributed by atoms with E-state index in [1.54, 1.807) is 12.1 Å². The number of thioether (sulfide) groups is 1. The van der Waals surface area contributed by atoms with Gasteiger partial charge in [0.05, 0.1) is 18.0 Å². The van der Waals surface area contributed by atoms with Gasteiger partial charge in [0, 0.05) is 17.0 Å². The second kappa shape index (κ2) is 8.76. The predicted molar refractivity (Wildman–Crippen MR) is 104 cm³/mol. The van der Waals surface area contributed by atoms with Gasteiger partial charge in [-0.15, -0.1) is 11.8 Å². The molecule has 2 aromatic rings. The third kappa shape index (κ3) is 5.02. The van der Waals surface area contributed by atoms with Gasteiger partial charge in [0.15, 0.2) is 0 Å². The second-order valence-corrected chi connectivity index (χ2v) is 7.19. The van der Waals surface area contributed by atoms with Crippen molar-refractivity contribution in [3.63, 3.8) is 0 Å². The summed E-state index contributed by atoms with van der Waals surface area (Å²) in [6.45, 7) is 3.26. The molecule has 0 unspecified atom stereocenters. The molecule has 0 fully saturated rings. The van der Waals surface area contributed by atoms with Crippen molar-refractivity contribution >= 4 is 29.3 Å². The average molecular weight is 370 g/mol. The van der Waals surface area contributed by atoms with Crippen LogP contribution in [0.2, 0.25) is 0 Å². The van der Waals surface area contributed by atoms with Crippen molar-refractivity contribution in [3.05, 3.63) is 53.6 Å². The van der Waals surface area contributed by atoms with E-state index in [0.29, 0.717) is 30.2 Å². The number of hydrogen-bond acceptors (Lipinski definition) is 4. The zero-order valence-electron chi connectivity index (χ0n) is 14.7. The number of carbonyl (C=O) groups excluding carboxylic acids is 2. The Labute approximate surface area is 157 Å². The van der Waals surface area contributed by atoms with Crippen LogP contribution in [0.1, 0.15) is 28.8 Å². The first-order chi connectivity index (χ1) is 12.6. The molecule has 0 saturated heterocycles. The Kier molecular flexibility index (Phi) is 6.17. The Morgan fingerprint density at radius 2 is 2.00 bits per heavy atom. The highest BCUT2D eigenvalue weighted by atomic mass is 32.2. The summed E-state index contributed by atoms with van der Waals surface area (Å²) in [6.07, 6.45) is 1.71. The van der Waals surface area contributed by atoms with Crippen molar-refractivity contribution < 1.29 is 14.3 Å². The molecule has 0 spiro atoms. The summed E-state index contributed by atoms with van der Waals surface area (Å²) in [4.78, 5) is 24.7. The fraction of sp³-hybridized carbons (Fsp3) is 0.300. The van der Waals surface area contributed by atoms with E-state index in [4.69, 9.17) is 4.74 Å². The molecular formula is C20H22N2O3S. The summed E-state index contributed by atoms with van der Waals surface area (Å²) in [5, 5.41) is 5.71. The smallest absolute Gasteiger partial charge is 0.251 e. The molecule has 0 radical (unpaired) electrons. The second-order valence-electron chi connectivity index (χ2n) is 6.17. The number of hydrogen-bond donors (Lipinski definition) is 2. The van der Waals surface area contributed by atoms with E-state index in [1.807, 2.05) is 37.3 Å². The van der Waals surface area contributed by atoms with E-state index >= 15 is 0 Å². The molecule has 1 heterocycles. The largest absolute Gasteiger partial charge is 0.494 e. The zero-order chi connectivity index (χ0) is 18.4. The molecule has 1 aliphatic rings. The molecule has 1 aliphatic heterocycles. The van der Waals surface area contributed by atoms with Crippen molar-refractivity contribution in [2.45, 2.75) is 24.7 Å². The Morgan fingerprint density at radius 1 is 1.19 bits per heavy atom. The first-order valence-corrected chi connectivity index (χ1v) is 9.65. The summed E-state index contributed by atoms with van der Waals surface area (Å²) in [5.74, 6) is 1.13. The average Bonchev–Trinajstić information content (AvgIpc) is 2.65. The number of amides is 2. The van der Waals surface area contributed by atoms with Crippen LogP contribution in [-0.2, 0) is 4.79 Å². The Bertz CT molecular complexity index is 790. The fourth-order valence-corrected chi connectivity index (χ4v) is 3.37. The number of anilines is 1. The highest BCUT2D eigenvalue weighted by Crippen LogP contribution is 2.31. The van der Waals surface area contributed by atoms with Crippen LogP contribution in [-0.4, -0.2) is 30.7 Å². The highest BCUT2D eigenvalue weighted by Gasteiger charge is 2.17. The Hall–Kier alpha value is -2.47. The van der Waals surface area contributed by atoms with E-state index in [2.05, 4.69) is 10.6 Å². The van der Waals surface area contributed by atoms with Gasteiger partial charge in [-0.2, -0.15) is 0 Å². The van der Waals surface area contributed by atoms with Gasteiger partial charge < -0.3 is 15.4 Å². The lowest BCUT2D eigenvalue weighted by Gasteiger charge is -2.17. The predicted octanol–water partition coefficient (Wildman–Crippen LogP) is 3.63. The lowest BCUT2D eigenvalue weighted by atomic mass is 10.1. The van der Waals surface area contributed by atoms with Crippen molar-refractivity contribution in [3.8, 4) is 5.75 Å². The summed E-state index contributed by atoms with van der Waals surface area (Å²) < 4.78 is 5.67. The molecule has 26 heavy (non-hydrogen) atoms. The molecule has 5 nitrogen and oxygen atoms in total. The molecule has 136 valence electrons. The van der Waals surface area contributed by atoms with Crippen LogP contribution in [0.25, 0.3) is 0 Å². The van der Waals surface area contributed by atoms with E-state index in [9.17, 15) is 9.59 Å². The van der Waals surface area contributed by atoms with Crippen molar-refractivity contribution in [1.29, 1.82) is 0 Å². The SMILES string of the molecule is Cc1ccc(OCCCCNC(=O)c2ccc3c(c2)NC(=O)CS3)cc1. The molecule has 2 amide bonds. The molecule has 3 rings (SSSR count). The first-order valence-electron chi connectivity index (χ1n) is 8.66. The van der Waals surface area contributed by atoms with E-state index < -0.39 is 0 Å². The van der Waals surface area contributed by atoms with Gasteiger partial charge in [0.2, 0.25) is 5.91 Å². The summed E-state index contributed by atoms with van der Waals surface area (Å²) in [6, 6.07) is 13.4. The van der Waals surface area contributed by atoms with Crippen LogP contribution in [0, 0.1) is 6.92 Å². The van der Waals surface area contributed by atoms with Crippen LogP contribution in [0.4, 0.5) is 5.69 Å². The minimum absolute atomic E-state index is 0.0337. The van der Waals surface area contributed by atoms with Gasteiger partial charge in [0.1, 0.15) is 5.75 Å². The quantitative estimate of drug-likeness (QED) is 0.731. The topological polar surface area (TPSA) is 67.4 Å². The number of unbranched alkanes of at least 4 members (excludes halogenated alkanes) is 1. The maximum Gasteiger partial charge on any atom is 0.251 e. The van der Waals surface area contributed by atoms with E-state index in [1.165, 1.54) is 17.3 Å². The molecule has 6 heteroatoms. The maximum absolute atomic E-state index is 12.2. The Morgan fingerprint density at radius 3 is 2.81 bits per heavy atom. The summed E-state index contributed by atoms with van der Waals surface area (Å²) in [7, 11) is 0. The lowest BCUT2D eigenvalue weighted by molar-refractivity contribution is -0.113. The third-order valence-electron chi connectivity index (χ3n) is 4.02. The fourth-order valence-electron chi connectivity index (χ4n) is 2.58. The number of fused-ring (bicyclic) bond motifs is 1. The normalized spacial score (nSPS) is 12.9. The van der Waals surface area contributed by atoms with Gasteiger partial charge in [-0.25, -0.2) is 0 Å². The number of aryl methyl sites for hydroxylation is 1. The van der Waals surface area contributed by atoms with Gasteiger partial charge >= 0.3 is 0 Å².